The number of aryl methyl sites for hydroxylation is 1. The largest absolute Gasteiger partial charge is 0.352 e. The monoisotopic (exact) mass is 288 g/mol. The number of hydrogen-bond acceptors (Lipinski definition) is 2. The molecule has 0 amide bonds. The Labute approximate surface area is 104 Å². The molecule has 1 atom stereocenters. The molecule has 1 aliphatic rings. The first-order valence-corrected chi connectivity index (χ1v) is 6.50. The van der Waals surface area contributed by atoms with Gasteiger partial charge in [-0.15, -0.1) is 11.6 Å². The van der Waals surface area contributed by atoms with Crippen molar-refractivity contribution in [2.75, 3.05) is 17.3 Å². The lowest BCUT2D eigenvalue weighted by atomic mass is 10.2. The summed E-state index contributed by atoms with van der Waals surface area (Å²) < 4.78 is 1.06. The lowest BCUT2D eigenvalue weighted by Crippen LogP contribution is -2.31. The number of rotatable bonds is 2. The average Bonchev–Trinajstić information content (AvgIpc) is 2.70. The Balaban J connectivity index is 2.25. The van der Waals surface area contributed by atoms with Gasteiger partial charge in [0.25, 0.3) is 0 Å². The van der Waals surface area contributed by atoms with E-state index in [1.807, 2.05) is 6.20 Å². The van der Waals surface area contributed by atoms with Crippen LogP contribution in [0.15, 0.2) is 16.7 Å². The molecule has 2 nitrogen and oxygen atoms in total. The summed E-state index contributed by atoms with van der Waals surface area (Å²) in [5, 5.41) is 0. The molecule has 2 heterocycles. The van der Waals surface area contributed by atoms with Crippen LogP contribution in [-0.4, -0.2) is 23.5 Å². The van der Waals surface area contributed by atoms with Crippen molar-refractivity contribution >= 4 is 33.3 Å². The average molecular weight is 290 g/mol. The van der Waals surface area contributed by atoms with Gasteiger partial charge in [0.05, 0.1) is 0 Å². The van der Waals surface area contributed by atoms with Gasteiger partial charge in [-0.2, -0.15) is 0 Å². The first kappa shape index (κ1) is 11.2. The standard InChI is InChI=1S/C11H14BrClN2/c1-8-5-11(14-7-10(8)12)15-4-2-3-9(15)6-13/h5,7,9H,2-4,6H2,1H3. The predicted octanol–water partition coefficient (Wildman–Crippen LogP) is 3.36. The molecule has 1 aromatic rings. The molecule has 0 saturated carbocycles. The van der Waals surface area contributed by atoms with Crippen molar-refractivity contribution in [2.24, 2.45) is 0 Å². The highest BCUT2D eigenvalue weighted by Crippen LogP contribution is 2.27. The molecule has 1 aliphatic heterocycles. The molecule has 0 N–H and O–H groups in total. The van der Waals surface area contributed by atoms with Crippen molar-refractivity contribution < 1.29 is 0 Å². The summed E-state index contributed by atoms with van der Waals surface area (Å²) in [6.45, 7) is 3.16. The molecular weight excluding hydrogens is 275 g/mol. The van der Waals surface area contributed by atoms with Gasteiger partial charge in [-0.3, -0.25) is 0 Å². The van der Waals surface area contributed by atoms with Crippen LogP contribution in [0.5, 0.6) is 0 Å². The fourth-order valence-electron chi connectivity index (χ4n) is 1.98. The van der Waals surface area contributed by atoms with E-state index in [-0.39, 0.29) is 0 Å². The van der Waals surface area contributed by atoms with Gasteiger partial charge in [-0.1, -0.05) is 0 Å². The van der Waals surface area contributed by atoms with Gasteiger partial charge in [-0.05, 0) is 47.3 Å². The van der Waals surface area contributed by atoms with Crippen LogP contribution in [0.4, 0.5) is 5.82 Å². The quantitative estimate of drug-likeness (QED) is 0.776. The van der Waals surface area contributed by atoms with Gasteiger partial charge < -0.3 is 4.90 Å². The van der Waals surface area contributed by atoms with E-state index in [0.29, 0.717) is 11.9 Å². The molecule has 1 fully saturated rings. The summed E-state index contributed by atoms with van der Waals surface area (Å²) in [5.41, 5.74) is 1.22. The normalized spacial score (nSPS) is 21.0. The molecule has 1 aromatic heterocycles. The Bertz CT molecular complexity index is 356. The maximum Gasteiger partial charge on any atom is 0.129 e. The predicted molar refractivity (Wildman–Crippen MR) is 67.8 cm³/mol. The van der Waals surface area contributed by atoms with Crippen molar-refractivity contribution in [3.8, 4) is 0 Å². The summed E-state index contributed by atoms with van der Waals surface area (Å²) in [6, 6.07) is 2.58. The van der Waals surface area contributed by atoms with Crippen LogP contribution in [0.3, 0.4) is 0 Å². The molecule has 0 radical (unpaired) electrons. The van der Waals surface area contributed by atoms with Crippen LogP contribution in [-0.2, 0) is 0 Å². The second kappa shape index (κ2) is 4.71. The van der Waals surface area contributed by atoms with E-state index < -0.39 is 0 Å². The Morgan fingerprint density at radius 3 is 3.13 bits per heavy atom. The highest BCUT2D eigenvalue weighted by Gasteiger charge is 2.24. The van der Waals surface area contributed by atoms with E-state index in [1.165, 1.54) is 18.4 Å². The van der Waals surface area contributed by atoms with Crippen molar-refractivity contribution in [1.82, 2.24) is 4.98 Å². The number of nitrogens with zero attached hydrogens (tertiary/aromatic N) is 2. The number of pyridine rings is 1. The number of anilines is 1. The van der Waals surface area contributed by atoms with Crippen LogP contribution < -0.4 is 4.90 Å². The SMILES string of the molecule is Cc1cc(N2CCCC2CCl)ncc1Br. The van der Waals surface area contributed by atoms with E-state index in [9.17, 15) is 0 Å². The number of hydrogen-bond donors (Lipinski definition) is 0. The molecule has 2 rings (SSSR count). The Kier molecular flexibility index (Phi) is 3.52. The first-order chi connectivity index (χ1) is 7.22. The smallest absolute Gasteiger partial charge is 0.129 e. The number of halogens is 2. The van der Waals surface area contributed by atoms with Crippen LogP contribution in [0, 0.1) is 6.92 Å². The highest BCUT2D eigenvalue weighted by molar-refractivity contribution is 9.10. The lowest BCUT2D eigenvalue weighted by Gasteiger charge is -2.24. The molecule has 1 saturated heterocycles. The van der Waals surface area contributed by atoms with Crippen molar-refractivity contribution in [3.05, 3.63) is 22.3 Å². The zero-order valence-corrected chi connectivity index (χ0v) is 11.1. The van der Waals surface area contributed by atoms with E-state index in [1.54, 1.807) is 0 Å². The van der Waals surface area contributed by atoms with E-state index in [2.05, 4.69) is 38.8 Å². The van der Waals surface area contributed by atoms with Gasteiger partial charge >= 0.3 is 0 Å². The van der Waals surface area contributed by atoms with Crippen LogP contribution in [0.1, 0.15) is 18.4 Å². The Morgan fingerprint density at radius 2 is 2.47 bits per heavy atom. The molecule has 15 heavy (non-hydrogen) atoms. The fourth-order valence-corrected chi connectivity index (χ4v) is 2.52. The maximum atomic E-state index is 5.94. The third-order valence-corrected chi connectivity index (χ3v) is 4.07. The van der Waals surface area contributed by atoms with Crippen molar-refractivity contribution in [1.29, 1.82) is 0 Å². The first-order valence-electron chi connectivity index (χ1n) is 5.17. The van der Waals surface area contributed by atoms with Gasteiger partial charge in [0, 0.05) is 29.1 Å². The second-order valence-electron chi connectivity index (χ2n) is 3.94. The zero-order chi connectivity index (χ0) is 10.8. The minimum atomic E-state index is 0.458. The summed E-state index contributed by atoms with van der Waals surface area (Å²) >= 11 is 9.41. The van der Waals surface area contributed by atoms with Crippen molar-refractivity contribution in [2.45, 2.75) is 25.8 Å². The van der Waals surface area contributed by atoms with Crippen LogP contribution in [0.25, 0.3) is 0 Å². The van der Waals surface area contributed by atoms with E-state index in [4.69, 9.17) is 11.6 Å². The maximum absolute atomic E-state index is 5.94. The van der Waals surface area contributed by atoms with Gasteiger partial charge in [-0.25, -0.2) is 4.98 Å². The minimum absolute atomic E-state index is 0.458. The highest BCUT2D eigenvalue weighted by atomic mass is 79.9. The topological polar surface area (TPSA) is 16.1 Å². The van der Waals surface area contributed by atoms with Crippen LogP contribution in [0.2, 0.25) is 0 Å². The van der Waals surface area contributed by atoms with E-state index in [0.717, 1.165) is 16.8 Å². The summed E-state index contributed by atoms with van der Waals surface area (Å²) in [4.78, 5) is 6.75. The molecule has 0 bridgehead atoms. The summed E-state index contributed by atoms with van der Waals surface area (Å²) in [6.07, 6.45) is 4.27. The minimum Gasteiger partial charge on any atom is -0.352 e. The zero-order valence-electron chi connectivity index (χ0n) is 8.71. The molecule has 82 valence electrons. The fraction of sp³-hybridized carbons (Fsp3) is 0.545. The van der Waals surface area contributed by atoms with Gasteiger partial charge in [0.1, 0.15) is 5.82 Å². The van der Waals surface area contributed by atoms with Crippen molar-refractivity contribution in [3.63, 3.8) is 0 Å². The molecule has 0 aliphatic carbocycles. The number of aromatic nitrogens is 1. The molecule has 4 heteroatoms. The molecule has 0 aromatic carbocycles. The summed E-state index contributed by atoms with van der Waals surface area (Å²) in [5.74, 6) is 1.75. The Hall–Kier alpha value is -0.280. The van der Waals surface area contributed by atoms with Gasteiger partial charge in [0.15, 0.2) is 0 Å². The lowest BCUT2D eigenvalue weighted by molar-refractivity contribution is 0.733. The third-order valence-electron chi connectivity index (χ3n) is 2.88. The second-order valence-corrected chi connectivity index (χ2v) is 5.10. The summed E-state index contributed by atoms with van der Waals surface area (Å²) in [7, 11) is 0. The third kappa shape index (κ3) is 2.28. The molecule has 0 spiro atoms. The Morgan fingerprint density at radius 1 is 1.67 bits per heavy atom. The van der Waals surface area contributed by atoms with Gasteiger partial charge in [0.2, 0.25) is 0 Å². The number of alkyl halides is 1. The molecular formula is C11H14BrClN2. The molecule has 1 unspecified atom stereocenters. The van der Waals surface area contributed by atoms with Crippen LogP contribution >= 0.6 is 27.5 Å². The van der Waals surface area contributed by atoms with E-state index >= 15 is 0 Å².